The van der Waals surface area contributed by atoms with Crippen LogP contribution in [0, 0.1) is 0 Å². The van der Waals surface area contributed by atoms with E-state index in [1.54, 1.807) is 0 Å². The van der Waals surface area contributed by atoms with Gasteiger partial charge in [0.15, 0.2) is 0 Å². The Morgan fingerprint density at radius 1 is 0.388 bits per heavy atom. The molecular formula is C44H26N4O. The zero-order valence-electron chi connectivity index (χ0n) is 26.2. The molecule has 0 fully saturated rings. The first-order valence-electron chi connectivity index (χ1n) is 16.5. The number of rotatable bonds is 3. The van der Waals surface area contributed by atoms with Gasteiger partial charge in [-0.25, -0.2) is 9.97 Å². The fraction of sp³-hybridized carbons (Fsp3) is 0. The summed E-state index contributed by atoms with van der Waals surface area (Å²) >= 11 is 0. The second kappa shape index (κ2) is 9.89. The van der Waals surface area contributed by atoms with Gasteiger partial charge in [-0.1, -0.05) is 91.0 Å². The molecule has 0 bridgehead atoms. The van der Waals surface area contributed by atoms with Crippen LogP contribution < -0.4 is 0 Å². The summed E-state index contributed by atoms with van der Waals surface area (Å²) in [6.07, 6.45) is 0. The number of nitrogens with zero attached hydrogens (tertiary/aromatic N) is 4. The van der Waals surface area contributed by atoms with Gasteiger partial charge in [-0.3, -0.25) is 8.97 Å². The largest absolute Gasteiger partial charge is 0.456 e. The van der Waals surface area contributed by atoms with E-state index in [-0.39, 0.29) is 0 Å². The number of benzene rings is 7. The Morgan fingerprint density at radius 3 is 1.73 bits per heavy atom. The number of hydrogen-bond donors (Lipinski definition) is 0. The van der Waals surface area contributed by atoms with E-state index in [9.17, 15) is 0 Å². The fourth-order valence-electron chi connectivity index (χ4n) is 7.61. The van der Waals surface area contributed by atoms with Gasteiger partial charge in [0.25, 0.3) is 0 Å². The first-order valence-corrected chi connectivity index (χ1v) is 16.5. The van der Waals surface area contributed by atoms with Crippen LogP contribution in [0.2, 0.25) is 0 Å². The molecule has 11 rings (SSSR count). The zero-order valence-corrected chi connectivity index (χ0v) is 26.2. The van der Waals surface area contributed by atoms with Gasteiger partial charge in [0.05, 0.1) is 27.6 Å². The molecule has 0 unspecified atom stereocenters. The van der Waals surface area contributed by atoms with Gasteiger partial charge in [-0.05, 0) is 89.0 Å². The van der Waals surface area contributed by atoms with Gasteiger partial charge in [-0.2, -0.15) is 0 Å². The van der Waals surface area contributed by atoms with Gasteiger partial charge < -0.3 is 4.42 Å². The molecule has 0 atom stereocenters. The highest BCUT2D eigenvalue weighted by Gasteiger charge is 2.20. The highest BCUT2D eigenvalue weighted by molar-refractivity contribution is 6.12. The topological polar surface area (TPSA) is 48.3 Å². The molecule has 0 aliphatic carbocycles. The summed E-state index contributed by atoms with van der Waals surface area (Å²) in [5.41, 5.74) is 12.4. The lowest BCUT2D eigenvalue weighted by Gasteiger charge is -2.12. The van der Waals surface area contributed by atoms with Crippen molar-refractivity contribution < 1.29 is 4.42 Å². The standard InChI is InChI=1S/C44H26N4O/c1-2-10-27(11-3-1)28-19-22-41-34(25-28)35-26-30(20-23-42(35)49-41)29-18-21-39-33(24-29)31-12-5-8-16-38(31)47(39)44-46-36-14-6-4-13-32(36)43-45-37-15-7-9-17-40(37)48(43)44/h1-26H. The highest BCUT2D eigenvalue weighted by atomic mass is 16.3. The smallest absolute Gasteiger partial charge is 0.221 e. The average Bonchev–Trinajstić information content (AvgIpc) is 3.84. The Labute approximate surface area is 279 Å². The number of para-hydroxylation sites is 4. The van der Waals surface area contributed by atoms with Crippen LogP contribution in [0.4, 0.5) is 0 Å². The average molecular weight is 627 g/mol. The fourth-order valence-corrected chi connectivity index (χ4v) is 7.61. The molecule has 0 saturated carbocycles. The summed E-state index contributed by atoms with van der Waals surface area (Å²) < 4.78 is 10.8. The van der Waals surface area contributed by atoms with Crippen LogP contribution >= 0.6 is 0 Å². The second-order valence-electron chi connectivity index (χ2n) is 12.7. The van der Waals surface area contributed by atoms with E-state index in [0.29, 0.717) is 0 Å². The van der Waals surface area contributed by atoms with Crippen LogP contribution in [-0.4, -0.2) is 18.9 Å². The lowest BCUT2D eigenvalue weighted by molar-refractivity contribution is 0.669. The van der Waals surface area contributed by atoms with Gasteiger partial charge in [0.1, 0.15) is 16.8 Å². The molecule has 4 aromatic heterocycles. The second-order valence-corrected chi connectivity index (χ2v) is 12.7. The van der Waals surface area contributed by atoms with E-state index in [2.05, 4.69) is 148 Å². The van der Waals surface area contributed by atoms with Crippen LogP contribution in [0.5, 0.6) is 0 Å². The molecular weight excluding hydrogens is 601 g/mol. The molecule has 49 heavy (non-hydrogen) atoms. The van der Waals surface area contributed by atoms with E-state index >= 15 is 0 Å². The molecule has 0 radical (unpaired) electrons. The van der Waals surface area contributed by atoms with Crippen molar-refractivity contribution in [2.45, 2.75) is 0 Å². The van der Waals surface area contributed by atoms with E-state index < -0.39 is 0 Å². The summed E-state index contributed by atoms with van der Waals surface area (Å²) in [4.78, 5) is 10.4. The van der Waals surface area contributed by atoms with Crippen molar-refractivity contribution in [2.75, 3.05) is 0 Å². The first-order chi connectivity index (χ1) is 24.3. The lowest BCUT2D eigenvalue weighted by Crippen LogP contribution is -2.06. The van der Waals surface area contributed by atoms with Crippen molar-refractivity contribution in [1.82, 2.24) is 18.9 Å². The van der Waals surface area contributed by atoms with Crippen molar-refractivity contribution in [2.24, 2.45) is 0 Å². The molecule has 4 heterocycles. The van der Waals surface area contributed by atoms with Crippen molar-refractivity contribution in [3.8, 4) is 28.2 Å². The number of furan rings is 1. The van der Waals surface area contributed by atoms with Crippen molar-refractivity contribution in [3.63, 3.8) is 0 Å². The first kappa shape index (κ1) is 26.4. The van der Waals surface area contributed by atoms with E-state index in [1.165, 1.54) is 21.9 Å². The molecule has 11 aromatic rings. The van der Waals surface area contributed by atoms with Gasteiger partial charge in [0, 0.05) is 26.9 Å². The van der Waals surface area contributed by atoms with Crippen LogP contribution in [0.1, 0.15) is 0 Å². The molecule has 0 saturated heterocycles. The summed E-state index contributed by atoms with van der Waals surface area (Å²) in [5.74, 6) is 0.821. The Bertz CT molecular complexity index is 3110. The number of imidazole rings is 1. The number of fused-ring (bicyclic) bond motifs is 11. The summed E-state index contributed by atoms with van der Waals surface area (Å²) in [5, 5.41) is 5.61. The predicted molar refractivity (Wildman–Crippen MR) is 200 cm³/mol. The number of aromatic nitrogens is 4. The van der Waals surface area contributed by atoms with Crippen molar-refractivity contribution in [1.29, 1.82) is 0 Å². The van der Waals surface area contributed by atoms with Gasteiger partial charge in [0.2, 0.25) is 5.95 Å². The summed E-state index contributed by atoms with van der Waals surface area (Å²) in [6.45, 7) is 0. The molecule has 0 N–H and O–H groups in total. The Kier molecular flexibility index (Phi) is 5.32. The molecule has 0 aliphatic heterocycles. The van der Waals surface area contributed by atoms with Gasteiger partial charge in [-0.15, -0.1) is 0 Å². The quantitative estimate of drug-likeness (QED) is 0.196. The van der Waals surface area contributed by atoms with E-state index in [4.69, 9.17) is 14.4 Å². The Hall–Kier alpha value is -6.72. The van der Waals surface area contributed by atoms with Gasteiger partial charge >= 0.3 is 0 Å². The van der Waals surface area contributed by atoms with E-state index in [1.807, 2.05) is 18.2 Å². The minimum atomic E-state index is 0.821. The normalized spacial score (nSPS) is 12.1. The maximum atomic E-state index is 6.29. The monoisotopic (exact) mass is 626 g/mol. The summed E-state index contributed by atoms with van der Waals surface area (Å²) in [7, 11) is 0. The molecule has 5 heteroatoms. The van der Waals surface area contributed by atoms with Crippen molar-refractivity contribution in [3.05, 3.63) is 158 Å². The van der Waals surface area contributed by atoms with E-state index in [0.717, 1.165) is 77.6 Å². The van der Waals surface area contributed by atoms with Crippen LogP contribution in [0.3, 0.4) is 0 Å². The Morgan fingerprint density at radius 2 is 0.959 bits per heavy atom. The minimum Gasteiger partial charge on any atom is -0.456 e. The molecule has 228 valence electrons. The maximum Gasteiger partial charge on any atom is 0.221 e. The molecule has 0 spiro atoms. The highest BCUT2D eigenvalue weighted by Crippen LogP contribution is 2.39. The van der Waals surface area contributed by atoms with Crippen LogP contribution in [0.25, 0.3) is 99.5 Å². The predicted octanol–water partition coefficient (Wildman–Crippen LogP) is 11.4. The third-order valence-electron chi connectivity index (χ3n) is 9.91. The zero-order chi connectivity index (χ0) is 32.1. The maximum absolute atomic E-state index is 6.29. The number of hydrogen-bond acceptors (Lipinski definition) is 3. The lowest BCUT2D eigenvalue weighted by atomic mass is 9.99. The SMILES string of the molecule is c1ccc(-c2ccc3oc4ccc(-c5ccc6c(c5)c5ccccc5n6-c5nc6ccccc6c6nc7ccccc7n56)cc4c3c2)cc1. The molecule has 5 nitrogen and oxygen atoms in total. The third-order valence-corrected chi connectivity index (χ3v) is 9.91. The Balaban J connectivity index is 1.14. The molecule has 0 aliphatic rings. The molecule has 7 aromatic carbocycles. The third kappa shape index (κ3) is 3.81. The molecule has 0 amide bonds. The van der Waals surface area contributed by atoms with Crippen LogP contribution in [-0.2, 0) is 0 Å². The van der Waals surface area contributed by atoms with Crippen molar-refractivity contribution >= 4 is 71.3 Å². The summed E-state index contributed by atoms with van der Waals surface area (Å²) in [6, 6.07) is 55.4. The minimum absolute atomic E-state index is 0.821. The van der Waals surface area contributed by atoms with Crippen LogP contribution in [0.15, 0.2) is 162 Å².